The standard InChI is InChI=1S/C15H25N3O2/c1-3-5-10-17(4-2)11-12-18(15(16)20)13-6-8-14(19)9-7-13/h6-9,19H,3-5,10-12H2,1-2H3,(H2,16,20). The van der Waals surface area contributed by atoms with Crippen molar-refractivity contribution in [3.05, 3.63) is 24.3 Å². The Labute approximate surface area is 121 Å². The first kappa shape index (κ1) is 16.3. The van der Waals surface area contributed by atoms with E-state index < -0.39 is 6.03 Å². The molecule has 5 heteroatoms. The van der Waals surface area contributed by atoms with Gasteiger partial charge in [0.15, 0.2) is 0 Å². The summed E-state index contributed by atoms with van der Waals surface area (Å²) in [4.78, 5) is 15.4. The number of carbonyl (C=O) groups excluding carboxylic acids is 1. The second-order valence-corrected chi connectivity index (χ2v) is 4.79. The zero-order chi connectivity index (χ0) is 15.0. The summed E-state index contributed by atoms with van der Waals surface area (Å²) < 4.78 is 0. The van der Waals surface area contributed by atoms with E-state index in [0.717, 1.165) is 32.5 Å². The number of urea groups is 1. The van der Waals surface area contributed by atoms with Gasteiger partial charge in [-0.05, 0) is 43.8 Å². The predicted octanol–water partition coefficient (Wildman–Crippen LogP) is 2.40. The van der Waals surface area contributed by atoms with E-state index in [1.165, 1.54) is 4.90 Å². The molecule has 20 heavy (non-hydrogen) atoms. The molecule has 0 aromatic heterocycles. The number of primary amides is 1. The molecular formula is C15H25N3O2. The average Bonchev–Trinajstić information content (AvgIpc) is 2.44. The van der Waals surface area contributed by atoms with Gasteiger partial charge in [0.05, 0.1) is 0 Å². The molecule has 0 heterocycles. The van der Waals surface area contributed by atoms with Crippen LogP contribution >= 0.6 is 0 Å². The van der Waals surface area contributed by atoms with Crippen LogP contribution in [-0.2, 0) is 0 Å². The lowest BCUT2D eigenvalue weighted by Gasteiger charge is -2.26. The molecule has 5 nitrogen and oxygen atoms in total. The number of aromatic hydroxyl groups is 1. The van der Waals surface area contributed by atoms with Gasteiger partial charge in [0.1, 0.15) is 5.75 Å². The normalized spacial score (nSPS) is 10.8. The largest absolute Gasteiger partial charge is 0.508 e. The van der Waals surface area contributed by atoms with Gasteiger partial charge in [0.25, 0.3) is 0 Å². The van der Waals surface area contributed by atoms with Crippen molar-refractivity contribution in [3.8, 4) is 5.75 Å². The number of anilines is 1. The monoisotopic (exact) mass is 279 g/mol. The fourth-order valence-electron chi connectivity index (χ4n) is 2.05. The molecule has 0 saturated heterocycles. The van der Waals surface area contributed by atoms with Crippen LogP contribution in [0.25, 0.3) is 0 Å². The number of unbranched alkanes of at least 4 members (excludes halogenated alkanes) is 1. The molecule has 0 radical (unpaired) electrons. The molecular weight excluding hydrogens is 254 g/mol. The van der Waals surface area contributed by atoms with Gasteiger partial charge in [-0.3, -0.25) is 4.90 Å². The van der Waals surface area contributed by atoms with Crippen molar-refractivity contribution in [2.75, 3.05) is 31.1 Å². The van der Waals surface area contributed by atoms with Gasteiger partial charge >= 0.3 is 6.03 Å². The number of hydrogen-bond donors (Lipinski definition) is 2. The fourth-order valence-corrected chi connectivity index (χ4v) is 2.05. The number of likely N-dealkylation sites (N-methyl/N-ethyl adjacent to an activating group) is 1. The van der Waals surface area contributed by atoms with Crippen molar-refractivity contribution in [1.82, 2.24) is 4.90 Å². The highest BCUT2D eigenvalue weighted by Gasteiger charge is 2.13. The van der Waals surface area contributed by atoms with Crippen LogP contribution in [0.15, 0.2) is 24.3 Å². The number of phenols is 1. The summed E-state index contributed by atoms with van der Waals surface area (Å²) >= 11 is 0. The van der Waals surface area contributed by atoms with Gasteiger partial charge in [0, 0.05) is 18.8 Å². The smallest absolute Gasteiger partial charge is 0.319 e. The second kappa shape index (κ2) is 8.43. The van der Waals surface area contributed by atoms with E-state index in [9.17, 15) is 9.90 Å². The number of benzene rings is 1. The summed E-state index contributed by atoms with van der Waals surface area (Å²) in [5, 5.41) is 9.29. The maximum absolute atomic E-state index is 11.6. The third-order valence-electron chi connectivity index (χ3n) is 3.34. The van der Waals surface area contributed by atoms with E-state index in [2.05, 4.69) is 18.7 Å². The Bertz CT molecular complexity index is 406. The first-order valence-corrected chi connectivity index (χ1v) is 7.16. The fraction of sp³-hybridized carbons (Fsp3) is 0.533. The molecule has 0 aliphatic heterocycles. The van der Waals surface area contributed by atoms with Gasteiger partial charge in [-0.2, -0.15) is 0 Å². The summed E-state index contributed by atoms with van der Waals surface area (Å²) in [6.07, 6.45) is 2.32. The molecule has 0 spiro atoms. The van der Waals surface area contributed by atoms with Crippen molar-refractivity contribution in [1.29, 1.82) is 0 Å². The van der Waals surface area contributed by atoms with Crippen LogP contribution in [0, 0.1) is 0 Å². The zero-order valence-corrected chi connectivity index (χ0v) is 12.4. The molecule has 0 aliphatic carbocycles. The molecule has 0 aliphatic rings. The number of carbonyl (C=O) groups is 1. The molecule has 112 valence electrons. The first-order chi connectivity index (χ1) is 9.58. The van der Waals surface area contributed by atoms with E-state index in [1.807, 2.05) is 0 Å². The van der Waals surface area contributed by atoms with Gasteiger partial charge in [-0.15, -0.1) is 0 Å². The molecule has 0 unspecified atom stereocenters. The molecule has 1 rings (SSSR count). The molecule has 0 bridgehead atoms. The SMILES string of the molecule is CCCCN(CC)CCN(C(N)=O)c1ccc(O)cc1. The molecule has 0 saturated carbocycles. The molecule has 2 amide bonds. The van der Waals surface area contributed by atoms with Crippen LogP contribution in [0.3, 0.4) is 0 Å². The van der Waals surface area contributed by atoms with Crippen molar-refractivity contribution in [3.63, 3.8) is 0 Å². The highest BCUT2D eigenvalue weighted by molar-refractivity contribution is 5.90. The van der Waals surface area contributed by atoms with Crippen molar-refractivity contribution in [2.24, 2.45) is 5.73 Å². The van der Waals surface area contributed by atoms with Gasteiger partial charge in [-0.1, -0.05) is 20.3 Å². The predicted molar refractivity (Wildman–Crippen MR) is 82.1 cm³/mol. The van der Waals surface area contributed by atoms with Gasteiger partial charge in [-0.25, -0.2) is 4.79 Å². The van der Waals surface area contributed by atoms with E-state index in [1.54, 1.807) is 24.3 Å². The second-order valence-electron chi connectivity index (χ2n) is 4.79. The third kappa shape index (κ3) is 5.09. The van der Waals surface area contributed by atoms with E-state index >= 15 is 0 Å². The van der Waals surface area contributed by atoms with Gasteiger partial charge in [0.2, 0.25) is 0 Å². The lowest BCUT2D eigenvalue weighted by molar-refractivity contribution is 0.250. The summed E-state index contributed by atoms with van der Waals surface area (Å²) in [6, 6.07) is 6.03. The van der Waals surface area contributed by atoms with Crippen LogP contribution in [0.5, 0.6) is 5.75 Å². The Kier molecular flexibility index (Phi) is 6.87. The molecule has 0 fully saturated rings. The minimum atomic E-state index is -0.470. The van der Waals surface area contributed by atoms with Crippen LogP contribution in [-0.4, -0.2) is 42.2 Å². The van der Waals surface area contributed by atoms with Crippen LogP contribution in [0.2, 0.25) is 0 Å². The van der Waals surface area contributed by atoms with Crippen LogP contribution in [0.4, 0.5) is 10.5 Å². The maximum Gasteiger partial charge on any atom is 0.319 e. The summed E-state index contributed by atoms with van der Waals surface area (Å²) in [6.45, 7) is 7.63. The number of nitrogens with zero attached hydrogens (tertiary/aromatic N) is 2. The lowest BCUT2D eigenvalue weighted by Crippen LogP contribution is -2.41. The summed E-state index contributed by atoms with van der Waals surface area (Å²) in [5.74, 6) is 0.177. The minimum Gasteiger partial charge on any atom is -0.508 e. The van der Waals surface area contributed by atoms with Gasteiger partial charge < -0.3 is 15.7 Å². The summed E-state index contributed by atoms with van der Waals surface area (Å²) in [7, 11) is 0. The topological polar surface area (TPSA) is 69.8 Å². The van der Waals surface area contributed by atoms with Crippen molar-refractivity contribution >= 4 is 11.7 Å². The third-order valence-corrected chi connectivity index (χ3v) is 3.34. The quantitative estimate of drug-likeness (QED) is 0.767. The van der Waals surface area contributed by atoms with E-state index in [-0.39, 0.29) is 5.75 Å². The molecule has 1 aromatic carbocycles. The van der Waals surface area contributed by atoms with E-state index in [4.69, 9.17) is 5.73 Å². The van der Waals surface area contributed by atoms with Crippen LogP contribution < -0.4 is 10.6 Å². The Morgan fingerprint density at radius 1 is 1.15 bits per heavy atom. The zero-order valence-electron chi connectivity index (χ0n) is 12.4. The Morgan fingerprint density at radius 2 is 1.80 bits per heavy atom. The Morgan fingerprint density at radius 3 is 2.30 bits per heavy atom. The number of hydrogen-bond acceptors (Lipinski definition) is 3. The number of amides is 2. The first-order valence-electron chi connectivity index (χ1n) is 7.16. The Balaban J connectivity index is 2.63. The van der Waals surface area contributed by atoms with Crippen molar-refractivity contribution in [2.45, 2.75) is 26.7 Å². The lowest BCUT2D eigenvalue weighted by atomic mass is 10.2. The van der Waals surface area contributed by atoms with E-state index in [0.29, 0.717) is 12.2 Å². The number of nitrogens with two attached hydrogens (primary N) is 1. The molecule has 3 N–H and O–H groups in total. The maximum atomic E-state index is 11.6. The highest BCUT2D eigenvalue weighted by Crippen LogP contribution is 2.18. The minimum absolute atomic E-state index is 0.177. The highest BCUT2D eigenvalue weighted by atomic mass is 16.3. The Hall–Kier alpha value is -1.75. The van der Waals surface area contributed by atoms with Crippen molar-refractivity contribution < 1.29 is 9.90 Å². The average molecular weight is 279 g/mol. The summed E-state index contributed by atoms with van der Waals surface area (Å²) in [5.41, 5.74) is 6.15. The number of rotatable bonds is 8. The van der Waals surface area contributed by atoms with Crippen LogP contribution in [0.1, 0.15) is 26.7 Å². The number of phenolic OH excluding ortho intramolecular Hbond substituents is 1. The molecule has 1 aromatic rings. The molecule has 0 atom stereocenters.